The second-order valence-corrected chi connectivity index (χ2v) is 4.46. The first-order valence-corrected chi connectivity index (χ1v) is 6.21. The Morgan fingerprint density at radius 1 is 1.25 bits per heavy atom. The van der Waals surface area contributed by atoms with Gasteiger partial charge in [-0.2, -0.15) is 5.26 Å². The molecule has 2 aromatic carbocycles. The topological polar surface area (TPSA) is 45.0 Å². The van der Waals surface area contributed by atoms with E-state index in [9.17, 15) is 4.39 Å². The van der Waals surface area contributed by atoms with Gasteiger partial charge in [-0.25, -0.2) is 4.39 Å². The zero-order valence-electron chi connectivity index (χ0n) is 11.4. The van der Waals surface area contributed by atoms with E-state index in [2.05, 4.69) is 5.32 Å². The van der Waals surface area contributed by atoms with Crippen LogP contribution in [0.25, 0.3) is 0 Å². The minimum absolute atomic E-state index is 0.0650. The molecule has 102 valence electrons. The second-order valence-electron chi connectivity index (χ2n) is 4.46. The maximum absolute atomic E-state index is 13.2. The van der Waals surface area contributed by atoms with Gasteiger partial charge in [-0.1, -0.05) is 6.07 Å². The number of hydrogen-bond donors (Lipinski definition) is 1. The molecule has 0 aliphatic rings. The molecule has 0 fully saturated rings. The van der Waals surface area contributed by atoms with E-state index in [0.29, 0.717) is 6.54 Å². The van der Waals surface area contributed by atoms with Gasteiger partial charge in [0.15, 0.2) is 0 Å². The largest absolute Gasteiger partial charge is 0.496 e. The Balaban J connectivity index is 2.09. The van der Waals surface area contributed by atoms with Crippen molar-refractivity contribution in [2.24, 2.45) is 0 Å². The van der Waals surface area contributed by atoms with Gasteiger partial charge in [0.2, 0.25) is 0 Å². The molecule has 2 rings (SSSR count). The van der Waals surface area contributed by atoms with E-state index in [1.807, 2.05) is 31.2 Å². The molecule has 4 heteroatoms. The van der Waals surface area contributed by atoms with Gasteiger partial charge < -0.3 is 10.1 Å². The second kappa shape index (κ2) is 6.07. The highest BCUT2D eigenvalue weighted by molar-refractivity contribution is 5.51. The highest BCUT2D eigenvalue weighted by Gasteiger charge is 2.03. The number of nitrogens with zero attached hydrogens (tertiary/aromatic N) is 1. The van der Waals surface area contributed by atoms with E-state index in [4.69, 9.17) is 10.00 Å². The van der Waals surface area contributed by atoms with Crippen LogP contribution in [-0.2, 0) is 6.54 Å². The number of benzene rings is 2. The molecule has 0 aromatic heterocycles. The molecule has 0 spiro atoms. The molecule has 0 heterocycles. The van der Waals surface area contributed by atoms with Crippen molar-refractivity contribution in [1.82, 2.24) is 0 Å². The number of aryl methyl sites for hydroxylation is 1. The van der Waals surface area contributed by atoms with Gasteiger partial charge in [0.1, 0.15) is 17.6 Å². The van der Waals surface area contributed by atoms with Crippen LogP contribution in [-0.4, -0.2) is 7.11 Å². The Hall–Kier alpha value is -2.54. The molecule has 1 N–H and O–H groups in total. The minimum Gasteiger partial charge on any atom is -0.496 e. The van der Waals surface area contributed by atoms with Gasteiger partial charge in [-0.15, -0.1) is 0 Å². The normalized spacial score (nSPS) is 9.90. The van der Waals surface area contributed by atoms with Crippen LogP contribution < -0.4 is 10.1 Å². The van der Waals surface area contributed by atoms with Crippen molar-refractivity contribution in [3.63, 3.8) is 0 Å². The summed E-state index contributed by atoms with van der Waals surface area (Å²) in [5, 5.41) is 12.0. The van der Waals surface area contributed by atoms with Crippen molar-refractivity contribution in [2.75, 3.05) is 12.4 Å². The van der Waals surface area contributed by atoms with Gasteiger partial charge in [-0.05, 0) is 48.4 Å². The molecule has 0 saturated heterocycles. The molecule has 0 saturated carbocycles. The van der Waals surface area contributed by atoms with Crippen LogP contribution in [0.3, 0.4) is 0 Å². The number of methoxy groups -OCH3 is 1. The predicted octanol–water partition coefficient (Wildman–Crippen LogP) is 3.63. The Bertz CT molecular complexity index is 662. The van der Waals surface area contributed by atoms with Gasteiger partial charge in [0.25, 0.3) is 0 Å². The van der Waals surface area contributed by atoms with Crippen molar-refractivity contribution in [2.45, 2.75) is 13.5 Å². The first kappa shape index (κ1) is 13.9. The van der Waals surface area contributed by atoms with E-state index in [1.165, 1.54) is 6.07 Å². The summed E-state index contributed by atoms with van der Waals surface area (Å²) >= 11 is 0. The molecule has 0 amide bonds. The van der Waals surface area contributed by atoms with Crippen LogP contribution in [0.2, 0.25) is 0 Å². The van der Waals surface area contributed by atoms with Gasteiger partial charge in [0.05, 0.1) is 12.7 Å². The summed E-state index contributed by atoms with van der Waals surface area (Å²) in [6.45, 7) is 2.50. The molecule has 0 unspecified atom stereocenters. The van der Waals surface area contributed by atoms with Gasteiger partial charge in [0, 0.05) is 12.2 Å². The SMILES string of the molecule is COc1ccc(NCc2ccc(F)c(C#N)c2)cc1C. The van der Waals surface area contributed by atoms with Crippen LogP contribution in [0.5, 0.6) is 5.75 Å². The average Bonchev–Trinajstić information content (AvgIpc) is 2.46. The molecule has 3 nitrogen and oxygen atoms in total. The zero-order chi connectivity index (χ0) is 14.5. The lowest BCUT2D eigenvalue weighted by Crippen LogP contribution is -2.01. The lowest BCUT2D eigenvalue weighted by atomic mass is 10.1. The Morgan fingerprint density at radius 2 is 2.05 bits per heavy atom. The summed E-state index contributed by atoms with van der Waals surface area (Å²) in [5.74, 6) is 0.348. The Morgan fingerprint density at radius 3 is 2.70 bits per heavy atom. The zero-order valence-corrected chi connectivity index (χ0v) is 11.4. The number of halogens is 1. The summed E-state index contributed by atoms with van der Waals surface area (Å²) in [4.78, 5) is 0. The minimum atomic E-state index is -0.489. The number of ether oxygens (including phenoxy) is 1. The van der Waals surface area contributed by atoms with Crippen molar-refractivity contribution >= 4 is 5.69 Å². The van der Waals surface area contributed by atoms with E-state index < -0.39 is 5.82 Å². The summed E-state index contributed by atoms with van der Waals surface area (Å²) in [6.07, 6.45) is 0. The number of anilines is 1. The van der Waals surface area contributed by atoms with Crippen molar-refractivity contribution in [3.8, 4) is 11.8 Å². The summed E-state index contributed by atoms with van der Waals surface area (Å²) < 4.78 is 18.4. The van der Waals surface area contributed by atoms with E-state index in [1.54, 1.807) is 19.2 Å². The third kappa shape index (κ3) is 3.07. The number of hydrogen-bond acceptors (Lipinski definition) is 3. The maximum atomic E-state index is 13.2. The van der Waals surface area contributed by atoms with Crippen LogP contribution in [0.15, 0.2) is 36.4 Å². The van der Waals surface area contributed by atoms with Crippen LogP contribution in [0, 0.1) is 24.1 Å². The quantitative estimate of drug-likeness (QED) is 0.922. The summed E-state index contributed by atoms with van der Waals surface area (Å²) in [7, 11) is 1.64. The van der Waals surface area contributed by atoms with Crippen LogP contribution >= 0.6 is 0 Å². The fourth-order valence-corrected chi connectivity index (χ4v) is 1.96. The standard InChI is InChI=1S/C16H15FN2O/c1-11-7-14(4-6-16(11)20-2)19-10-12-3-5-15(17)13(8-12)9-18/h3-8,19H,10H2,1-2H3. The van der Waals surface area contributed by atoms with Crippen molar-refractivity contribution in [3.05, 3.63) is 58.9 Å². The van der Waals surface area contributed by atoms with Gasteiger partial charge in [-0.3, -0.25) is 0 Å². The first-order valence-electron chi connectivity index (χ1n) is 6.21. The van der Waals surface area contributed by atoms with E-state index in [-0.39, 0.29) is 5.56 Å². The fraction of sp³-hybridized carbons (Fsp3) is 0.188. The van der Waals surface area contributed by atoms with Crippen molar-refractivity contribution in [1.29, 1.82) is 5.26 Å². The molecule has 2 aromatic rings. The third-order valence-electron chi connectivity index (χ3n) is 3.04. The number of nitriles is 1. The Kier molecular flexibility index (Phi) is 4.21. The molecule has 0 atom stereocenters. The highest BCUT2D eigenvalue weighted by atomic mass is 19.1. The molecule has 0 radical (unpaired) electrons. The van der Waals surface area contributed by atoms with Crippen LogP contribution in [0.4, 0.5) is 10.1 Å². The monoisotopic (exact) mass is 270 g/mol. The maximum Gasteiger partial charge on any atom is 0.140 e. The molecule has 0 aliphatic carbocycles. The lowest BCUT2D eigenvalue weighted by Gasteiger charge is -2.10. The average molecular weight is 270 g/mol. The number of nitrogens with one attached hydrogen (secondary N) is 1. The summed E-state index contributed by atoms with van der Waals surface area (Å²) in [6, 6.07) is 12.2. The molecular formula is C16H15FN2O. The Labute approximate surface area is 117 Å². The highest BCUT2D eigenvalue weighted by Crippen LogP contribution is 2.22. The fourth-order valence-electron chi connectivity index (χ4n) is 1.96. The van der Waals surface area contributed by atoms with Crippen molar-refractivity contribution < 1.29 is 9.13 Å². The van der Waals surface area contributed by atoms with Gasteiger partial charge >= 0.3 is 0 Å². The smallest absolute Gasteiger partial charge is 0.140 e. The number of rotatable bonds is 4. The van der Waals surface area contributed by atoms with Crippen LogP contribution in [0.1, 0.15) is 16.7 Å². The molecular weight excluding hydrogens is 255 g/mol. The molecule has 20 heavy (non-hydrogen) atoms. The third-order valence-corrected chi connectivity index (χ3v) is 3.04. The molecule has 0 bridgehead atoms. The predicted molar refractivity (Wildman–Crippen MR) is 76.2 cm³/mol. The molecule has 0 aliphatic heterocycles. The lowest BCUT2D eigenvalue weighted by molar-refractivity contribution is 0.412. The van der Waals surface area contributed by atoms with E-state index >= 15 is 0 Å². The van der Waals surface area contributed by atoms with E-state index in [0.717, 1.165) is 22.6 Å². The first-order chi connectivity index (χ1) is 9.63. The summed E-state index contributed by atoms with van der Waals surface area (Å²) in [5.41, 5.74) is 2.91.